The summed E-state index contributed by atoms with van der Waals surface area (Å²) in [6.45, 7) is 7.73. The summed E-state index contributed by atoms with van der Waals surface area (Å²) in [5.74, 6) is 0. The zero-order valence-corrected chi connectivity index (χ0v) is 16.8. The van der Waals surface area contributed by atoms with Crippen LogP contribution in [0.25, 0.3) is 0 Å². The van der Waals surface area contributed by atoms with Gasteiger partial charge in [0, 0.05) is 57.9 Å². The second-order valence-corrected chi connectivity index (χ2v) is 8.82. The monoisotopic (exact) mass is 371 g/mol. The van der Waals surface area contributed by atoms with Crippen LogP contribution in [0.5, 0.6) is 0 Å². The Labute approximate surface area is 165 Å². The molecule has 4 rings (SSSR count). The molecule has 1 saturated carbocycles. The van der Waals surface area contributed by atoms with Crippen LogP contribution in [0.15, 0.2) is 30.3 Å². The molecule has 3 aliphatic rings. The second kappa shape index (κ2) is 9.51. The number of β-amino-alcohol motifs (C(OH)–C–C–N with tert-alkyl or cyclic N) is 1. The molecule has 0 spiro atoms. The lowest BCUT2D eigenvalue weighted by Crippen LogP contribution is -2.60. The van der Waals surface area contributed by atoms with Crippen molar-refractivity contribution in [2.75, 3.05) is 45.8 Å². The van der Waals surface area contributed by atoms with Gasteiger partial charge >= 0.3 is 0 Å². The lowest BCUT2D eigenvalue weighted by molar-refractivity contribution is -0.0427. The number of hydrogen-bond donors (Lipinski definition) is 1. The van der Waals surface area contributed by atoms with Gasteiger partial charge in [-0.25, -0.2) is 0 Å². The number of aliphatic hydroxyl groups excluding tert-OH is 1. The first-order valence-corrected chi connectivity index (χ1v) is 11.2. The van der Waals surface area contributed by atoms with E-state index in [9.17, 15) is 5.11 Å². The van der Waals surface area contributed by atoms with E-state index in [2.05, 4.69) is 45.0 Å². The summed E-state index contributed by atoms with van der Waals surface area (Å²) in [5, 5.41) is 10.8. The smallest absolute Gasteiger partial charge is 0.0822 e. The molecular formula is C23H37N3O. The molecule has 2 atom stereocenters. The molecule has 4 heteroatoms. The Bertz CT molecular complexity index is 552. The fourth-order valence-corrected chi connectivity index (χ4v) is 5.40. The van der Waals surface area contributed by atoms with E-state index in [0.29, 0.717) is 6.04 Å². The van der Waals surface area contributed by atoms with Crippen LogP contribution in [0.2, 0.25) is 0 Å². The molecule has 0 bridgehead atoms. The van der Waals surface area contributed by atoms with Crippen molar-refractivity contribution in [1.82, 2.24) is 14.7 Å². The Morgan fingerprint density at radius 3 is 2.26 bits per heavy atom. The van der Waals surface area contributed by atoms with Gasteiger partial charge in [-0.05, 0) is 31.2 Å². The van der Waals surface area contributed by atoms with Gasteiger partial charge in [0.2, 0.25) is 0 Å². The van der Waals surface area contributed by atoms with Crippen LogP contribution in [0, 0.1) is 0 Å². The maximum atomic E-state index is 10.8. The summed E-state index contributed by atoms with van der Waals surface area (Å²) in [6.07, 6.45) is 8.97. The SMILES string of the molecule is O[C@@H]1CN(C2CCCCC2)CC[C@H]1N1CCN(CCc2ccccc2)CC1. The van der Waals surface area contributed by atoms with Crippen LogP contribution in [0.3, 0.4) is 0 Å². The molecule has 0 aromatic heterocycles. The number of piperidine rings is 1. The summed E-state index contributed by atoms with van der Waals surface area (Å²) in [7, 11) is 0. The van der Waals surface area contributed by atoms with Crippen molar-refractivity contribution in [1.29, 1.82) is 0 Å². The number of likely N-dealkylation sites (tertiary alicyclic amines) is 1. The average Bonchev–Trinajstić information content (AvgIpc) is 2.74. The summed E-state index contributed by atoms with van der Waals surface area (Å²) in [5.41, 5.74) is 1.44. The van der Waals surface area contributed by atoms with Crippen LogP contribution < -0.4 is 0 Å². The van der Waals surface area contributed by atoms with E-state index in [1.165, 1.54) is 44.2 Å². The van der Waals surface area contributed by atoms with E-state index in [1.807, 2.05) is 0 Å². The first kappa shape index (κ1) is 19.4. The van der Waals surface area contributed by atoms with E-state index in [4.69, 9.17) is 0 Å². The molecule has 1 aliphatic carbocycles. The molecule has 3 fully saturated rings. The third kappa shape index (κ3) is 5.11. The van der Waals surface area contributed by atoms with Crippen LogP contribution in [-0.4, -0.2) is 83.8 Å². The highest BCUT2D eigenvalue weighted by Crippen LogP contribution is 2.27. The molecule has 2 aliphatic heterocycles. The van der Waals surface area contributed by atoms with E-state index in [-0.39, 0.29) is 6.10 Å². The molecule has 2 heterocycles. The minimum Gasteiger partial charge on any atom is -0.390 e. The second-order valence-electron chi connectivity index (χ2n) is 8.82. The van der Waals surface area contributed by atoms with E-state index in [1.54, 1.807) is 0 Å². The van der Waals surface area contributed by atoms with E-state index in [0.717, 1.165) is 58.2 Å². The molecule has 1 N–H and O–H groups in total. The van der Waals surface area contributed by atoms with E-state index < -0.39 is 0 Å². The third-order valence-corrected chi connectivity index (χ3v) is 7.10. The number of piperazine rings is 1. The maximum Gasteiger partial charge on any atom is 0.0822 e. The Morgan fingerprint density at radius 1 is 0.815 bits per heavy atom. The van der Waals surface area contributed by atoms with Gasteiger partial charge in [-0.3, -0.25) is 9.80 Å². The first-order chi connectivity index (χ1) is 13.3. The maximum absolute atomic E-state index is 10.8. The normalized spacial score (nSPS) is 29.8. The van der Waals surface area contributed by atoms with Crippen molar-refractivity contribution in [3.05, 3.63) is 35.9 Å². The van der Waals surface area contributed by atoms with Gasteiger partial charge in [0.25, 0.3) is 0 Å². The average molecular weight is 372 g/mol. The lowest BCUT2D eigenvalue weighted by Gasteiger charge is -2.47. The number of hydrogen-bond acceptors (Lipinski definition) is 4. The number of nitrogens with zero attached hydrogens (tertiary/aromatic N) is 3. The van der Waals surface area contributed by atoms with Crippen molar-refractivity contribution < 1.29 is 5.11 Å². The van der Waals surface area contributed by atoms with Gasteiger partial charge in [-0.2, -0.15) is 0 Å². The summed E-state index contributed by atoms with van der Waals surface area (Å²) in [6, 6.07) is 11.9. The Balaban J connectivity index is 1.20. The molecule has 0 amide bonds. The first-order valence-electron chi connectivity index (χ1n) is 11.2. The molecule has 27 heavy (non-hydrogen) atoms. The molecule has 2 saturated heterocycles. The Morgan fingerprint density at radius 2 is 1.56 bits per heavy atom. The summed E-state index contributed by atoms with van der Waals surface area (Å²) < 4.78 is 0. The molecule has 0 unspecified atom stereocenters. The molecular weight excluding hydrogens is 334 g/mol. The van der Waals surface area contributed by atoms with Gasteiger partial charge in [0.05, 0.1) is 6.10 Å². The predicted octanol–water partition coefficient (Wildman–Crippen LogP) is 2.61. The van der Waals surface area contributed by atoms with Gasteiger partial charge < -0.3 is 10.0 Å². The van der Waals surface area contributed by atoms with Crippen molar-refractivity contribution >= 4 is 0 Å². The van der Waals surface area contributed by atoms with Crippen molar-refractivity contribution in [3.8, 4) is 0 Å². The highest BCUT2D eigenvalue weighted by atomic mass is 16.3. The topological polar surface area (TPSA) is 30.0 Å². The van der Waals surface area contributed by atoms with Crippen LogP contribution >= 0.6 is 0 Å². The number of benzene rings is 1. The number of rotatable bonds is 5. The molecule has 150 valence electrons. The van der Waals surface area contributed by atoms with Gasteiger partial charge in [0.15, 0.2) is 0 Å². The highest BCUT2D eigenvalue weighted by Gasteiger charge is 2.35. The lowest BCUT2D eigenvalue weighted by atomic mass is 9.91. The van der Waals surface area contributed by atoms with Crippen LogP contribution in [-0.2, 0) is 6.42 Å². The van der Waals surface area contributed by atoms with Crippen LogP contribution in [0.4, 0.5) is 0 Å². The third-order valence-electron chi connectivity index (χ3n) is 7.10. The van der Waals surface area contributed by atoms with Gasteiger partial charge in [-0.1, -0.05) is 49.6 Å². The van der Waals surface area contributed by atoms with Crippen molar-refractivity contribution in [2.24, 2.45) is 0 Å². The quantitative estimate of drug-likeness (QED) is 0.862. The van der Waals surface area contributed by atoms with Crippen molar-refractivity contribution in [3.63, 3.8) is 0 Å². The largest absolute Gasteiger partial charge is 0.390 e. The fourth-order valence-electron chi connectivity index (χ4n) is 5.40. The van der Waals surface area contributed by atoms with Gasteiger partial charge in [0.1, 0.15) is 0 Å². The standard InChI is InChI=1S/C23H37N3O/c27-23-19-26(21-9-5-2-6-10-21)14-12-22(23)25-17-15-24(16-18-25)13-11-20-7-3-1-4-8-20/h1,3-4,7-8,21-23,27H,2,5-6,9-19H2/t22-,23-/m1/s1. The zero-order chi connectivity index (χ0) is 18.5. The zero-order valence-electron chi connectivity index (χ0n) is 16.8. The molecule has 1 aromatic rings. The Hall–Kier alpha value is -0.940. The molecule has 1 aromatic carbocycles. The summed E-state index contributed by atoms with van der Waals surface area (Å²) >= 11 is 0. The molecule has 0 radical (unpaired) electrons. The van der Waals surface area contributed by atoms with Crippen LogP contribution in [0.1, 0.15) is 44.1 Å². The highest BCUT2D eigenvalue weighted by molar-refractivity contribution is 5.14. The fraction of sp³-hybridized carbons (Fsp3) is 0.739. The number of aliphatic hydroxyl groups is 1. The van der Waals surface area contributed by atoms with Gasteiger partial charge in [-0.15, -0.1) is 0 Å². The summed E-state index contributed by atoms with van der Waals surface area (Å²) in [4.78, 5) is 7.76. The van der Waals surface area contributed by atoms with Crippen molar-refractivity contribution in [2.45, 2.75) is 63.1 Å². The minimum absolute atomic E-state index is 0.170. The predicted molar refractivity (Wildman–Crippen MR) is 111 cm³/mol. The molecule has 4 nitrogen and oxygen atoms in total. The Kier molecular flexibility index (Phi) is 6.82. The minimum atomic E-state index is -0.170. The van der Waals surface area contributed by atoms with E-state index >= 15 is 0 Å².